The van der Waals surface area contributed by atoms with E-state index in [1.165, 1.54) is 13.1 Å². The van der Waals surface area contributed by atoms with Gasteiger partial charge in [-0.05, 0) is 32.0 Å². The molecule has 0 aliphatic carbocycles. The number of Topliss-reactive ketones (excluding diaryl/α,β-unsaturated/α-hetero) is 1. The molecule has 7 nitrogen and oxygen atoms in total. The molecule has 1 fully saturated rings. The van der Waals surface area contributed by atoms with Crippen molar-refractivity contribution >= 4 is 26.7 Å². The van der Waals surface area contributed by atoms with E-state index in [0.29, 0.717) is 28.0 Å². The van der Waals surface area contributed by atoms with E-state index in [1.54, 1.807) is 28.9 Å². The van der Waals surface area contributed by atoms with Gasteiger partial charge in [0.15, 0.2) is 15.6 Å². The number of hydrogen-bond donors (Lipinski definition) is 0. The molecule has 0 radical (unpaired) electrons. The second kappa shape index (κ2) is 7.95. The molecule has 0 N–H and O–H groups in total. The second-order valence-corrected chi connectivity index (χ2v) is 11.2. The predicted octanol–water partition coefficient (Wildman–Crippen LogP) is 4.38. The van der Waals surface area contributed by atoms with Crippen molar-refractivity contribution in [2.75, 3.05) is 11.5 Å². The summed E-state index contributed by atoms with van der Waals surface area (Å²) < 4.78 is 43.4. The van der Waals surface area contributed by atoms with Crippen molar-refractivity contribution in [1.29, 1.82) is 0 Å². The van der Waals surface area contributed by atoms with E-state index in [9.17, 15) is 17.6 Å². The monoisotopic (exact) mass is 459 g/mol. The first-order valence-electron chi connectivity index (χ1n) is 10.5. The number of benzene rings is 1. The third kappa shape index (κ3) is 4.39. The largest absolute Gasteiger partial charge is 0.461 e. The average molecular weight is 460 g/mol. The van der Waals surface area contributed by atoms with Gasteiger partial charge >= 0.3 is 0 Å². The minimum Gasteiger partial charge on any atom is -0.461 e. The Bertz CT molecular complexity index is 1290. The highest BCUT2D eigenvalue weighted by atomic mass is 32.2. The summed E-state index contributed by atoms with van der Waals surface area (Å²) in [5.41, 5.74) is 2.57. The van der Waals surface area contributed by atoms with Crippen LogP contribution < -0.4 is 4.74 Å². The molecule has 1 atom stereocenters. The molecule has 1 aliphatic rings. The van der Waals surface area contributed by atoms with Gasteiger partial charge in [-0.25, -0.2) is 12.8 Å². The normalized spacial score (nSPS) is 17.8. The Morgan fingerprint density at radius 2 is 1.97 bits per heavy atom. The summed E-state index contributed by atoms with van der Waals surface area (Å²) in [6.07, 6.45) is 0.235. The maximum absolute atomic E-state index is 13.3. The Morgan fingerprint density at radius 3 is 2.59 bits per heavy atom. The van der Waals surface area contributed by atoms with Crippen LogP contribution in [0.4, 0.5) is 4.39 Å². The number of ketones is 1. The zero-order valence-corrected chi connectivity index (χ0v) is 19.3. The van der Waals surface area contributed by atoms with Gasteiger partial charge < -0.3 is 4.74 Å². The topological polar surface area (TPSA) is 91.2 Å². The number of fused-ring (bicyclic) bond motifs is 1. The van der Waals surface area contributed by atoms with Gasteiger partial charge in [0, 0.05) is 42.1 Å². The molecular formula is C23H26FN3O4S. The summed E-state index contributed by atoms with van der Waals surface area (Å²) in [5, 5.41) is 4.71. The lowest BCUT2D eigenvalue weighted by molar-refractivity contribution is 0.0860. The number of ether oxygens (including phenoxy) is 1. The molecule has 1 aliphatic heterocycles. The van der Waals surface area contributed by atoms with E-state index in [4.69, 9.17) is 9.84 Å². The molecule has 0 amide bonds. The maximum atomic E-state index is 13.3. The Labute approximate surface area is 186 Å². The number of alkyl halides is 1. The van der Waals surface area contributed by atoms with Crippen molar-refractivity contribution in [2.45, 2.75) is 46.5 Å². The summed E-state index contributed by atoms with van der Waals surface area (Å²) >= 11 is 0. The van der Waals surface area contributed by atoms with Crippen molar-refractivity contribution in [3.63, 3.8) is 0 Å². The van der Waals surface area contributed by atoms with Crippen LogP contribution in [0.3, 0.4) is 0 Å². The number of halogens is 1. The molecule has 3 heterocycles. The van der Waals surface area contributed by atoms with Gasteiger partial charge in [-0.2, -0.15) is 5.10 Å². The summed E-state index contributed by atoms with van der Waals surface area (Å²) in [7, 11) is -3.02. The molecule has 1 aromatic carbocycles. The third-order valence-corrected chi connectivity index (χ3v) is 7.76. The minimum absolute atomic E-state index is 0.0120. The molecule has 1 unspecified atom stereocenters. The minimum atomic E-state index is -3.02. The first-order chi connectivity index (χ1) is 15.0. The van der Waals surface area contributed by atoms with E-state index >= 15 is 0 Å². The van der Waals surface area contributed by atoms with Crippen LogP contribution in [0.1, 0.15) is 50.5 Å². The number of hydrogen-bond acceptors (Lipinski definition) is 6. The molecule has 32 heavy (non-hydrogen) atoms. The zero-order valence-electron chi connectivity index (χ0n) is 18.5. The fourth-order valence-electron chi connectivity index (χ4n) is 4.28. The Balaban J connectivity index is 1.71. The highest BCUT2D eigenvalue weighted by Crippen LogP contribution is 2.37. The van der Waals surface area contributed by atoms with Gasteiger partial charge in [0.2, 0.25) is 6.36 Å². The third-order valence-electron chi connectivity index (χ3n) is 5.49. The van der Waals surface area contributed by atoms with Crippen LogP contribution in [-0.4, -0.2) is 46.8 Å². The molecule has 1 saturated heterocycles. The Hall–Kier alpha value is -2.81. The van der Waals surface area contributed by atoms with E-state index in [1.807, 2.05) is 26.8 Å². The van der Waals surface area contributed by atoms with Gasteiger partial charge in [-0.3, -0.25) is 14.5 Å². The van der Waals surface area contributed by atoms with E-state index in [-0.39, 0.29) is 29.8 Å². The van der Waals surface area contributed by atoms with Crippen molar-refractivity contribution in [2.24, 2.45) is 5.41 Å². The summed E-state index contributed by atoms with van der Waals surface area (Å²) in [6, 6.07) is 8.77. The maximum Gasteiger partial charge on any atom is 0.235 e. The molecule has 0 saturated carbocycles. The molecule has 0 spiro atoms. The van der Waals surface area contributed by atoms with Crippen molar-refractivity contribution in [3.05, 3.63) is 42.1 Å². The highest BCUT2D eigenvalue weighted by Gasteiger charge is 2.45. The van der Waals surface area contributed by atoms with Gasteiger partial charge in [0.1, 0.15) is 17.0 Å². The molecular weight excluding hydrogens is 433 g/mol. The fourth-order valence-corrected chi connectivity index (χ4v) is 6.52. The van der Waals surface area contributed by atoms with Crippen LogP contribution in [0.15, 0.2) is 36.5 Å². The lowest BCUT2D eigenvalue weighted by atomic mass is 9.86. The number of carbonyl (C=O) groups is 1. The first-order valence-corrected chi connectivity index (χ1v) is 12.3. The molecule has 170 valence electrons. The van der Waals surface area contributed by atoms with Crippen LogP contribution in [-0.2, 0) is 9.84 Å². The number of aromatic nitrogens is 3. The molecule has 0 bridgehead atoms. The lowest BCUT2D eigenvalue weighted by Gasteiger charge is -2.37. The number of pyridine rings is 1. The molecule has 2 aromatic heterocycles. The smallest absolute Gasteiger partial charge is 0.235 e. The van der Waals surface area contributed by atoms with Crippen LogP contribution in [0.2, 0.25) is 0 Å². The first kappa shape index (κ1) is 22.4. The molecule has 9 heteroatoms. The van der Waals surface area contributed by atoms with Gasteiger partial charge in [0.05, 0.1) is 17.0 Å². The van der Waals surface area contributed by atoms with E-state index < -0.39 is 21.6 Å². The van der Waals surface area contributed by atoms with Gasteiger partial charge in [-0.1, -0.05) is 19.1 Å². The van der Waals surface area contributed by atoms with E-state index in [2.05, 4.69) is 4.98 Å². The van der Waals surface area contributed by atoms with Gasteiger partial charge in [0.25, 0.3) is 0 Å². The quantitative estimate of drug-likeness (QED) is 0.487. The summed E-state index contributed by atoms with van der Waals surface area (Å²) in [6.45, 7) is 7.10. The SMILES string of the molecule is CC(F)Oc1cccc(-c2nn(C(C)C)c3cc(C(=O)CC4(C)CS(=O)(=O)C4)cnc23)c1. The average Bonchev–Trinajstić information content (AvgIpc) is 3.05. The van der Waals surface area contributed by atoms with Crippen molar-refractivity contribution < 1.29 is 22.3 Å². The van der Waals surface area contributed by atoms with Crippen molar-refractivity contribution in [1.82, 2.24) is 14.8 Å². The standard InChI is InChI=1S/C23H26FN3O4S/c1-14(2)27-19-9-17(20(28)10-23(4)12-32(29,30)13-23)11-25-22(19)21(26-27)16-6-5-7-18(8-16)31-15(3)24/h5-9,11,14-15H,10,12-13H2,1-4H3. The summed E-state index contributed by atoms with van der Waals surface area (Å²) in [4.78, 5) is 17.4. The van der Waals surface area contributed by atoms with Crippen LogP contribution in [0.25, 0.3) is 22.3 Å². The van der Waals surface area contributed by atoms with Crippen LogP contribution in [0.5, 0.6) is 5.75 Å². The summed E-state index contributed by atoms with van der Waals surface area (Å²) in [5.74, 6) is 0.319. The zero-order chi connectivity index (χ0) is 23.3. The number of nitrogens with zero attached hydrogens (tertiary/aromatic N) is 3. The lowest BCUT2D eigenvalue weighted by Crippen LogP contribution is -2.47. The predicted molar refractivity (Wildman–Crippen MR) is 120 cm³/mol. The molecule has 3 aromatic rings. The van der Waals surface area contributed by atoms with Crippen LogP contribution >= 0.6 is 0 Å². The highest BCUT2D eigenvalue weighted by molar-refractivity contribution is 7.92. The number of sulfone groups is 1. The molecule has 4 rings (SSSR count). The number of carbonyl (C=O) groups excluding carboxylic acids is 1. The second-order valence-electron chi connectivity index (χ2n) is 9.11. The van der Waals surface area contributed by atoms with Crippen molar-refractivity contribution in [3.8, 4) is 17.0 Å². The fraction of sp³-hybridized carbons (Fsp3) is 0.435. The van der Waals surface area contributed by atoms with E-state index in [0.717, 1.165) is 5.56 Å². The van der Waals surface area contributed by atoms with Crippen LogP contribution in [0, 0.1) is 5.41 Å². The number of rotatable bonds is 7. The Kier molecular flexibility index (Phi) is 5.56. The Morgan fingerprint density at radius 1 is 1.25 bits per heavy atom. The van der Waals surface area contributed by atoms with Gasteiger partial charge in [-0.15, -0.1) is 0 Å².